The minimum absolute atomic E-state index is 0.0594. The summed E-state index contributed by atoms with van der Waals surface area (Å²) in [5.41, 5.74) is 0. The molecule has 0 saturated carbocycles. The van der Waals surface area contributed by atoms with E-state index < -0.39 is 18.2 Å². The Balaban J connectivity index is 4.60. The average Bonchev–Trinajstić information content (AvgIpc) is 3.33. The molecule has 398 valence electrons. The fourth-order valence-electron chi connectivity index (χ4n) is 9.13. The Labute approximate surface area is 423 Å². The van der Waals surface area contributed by atoms with Gasteiger partial charge in [0, 0.05) is 6.42 Å². The predicted molar refractivity (Wildman–Crippen MR) is 296 cm³/mol. The van der Waals surface area contributed by atoms with Crippen LogP contribution in [0.25, 0.3) is 0 Å². The zero-order valence-electron chi connectivity index (χ0n) is 45.5. The first-order valence-electron chi connectivity index (χ1n) is 29.9. The summed E-state index contributed by atoms with van der Waals surface area (Å²) in [5.74, 6) is -0.525. The first-order valence-corrected chi connectivity index (χ1v) is 29.9. The van der Waals surface area contributed by atoms with Crippen molar-refractivity contribution in [2.45, 2.75) is 328 Å². The van der Waals surface area contributed by atoms with Crippen LogP contribution < -0.4 is 5.32 Å². The monoisotopic (exact) mass is 954 g/mol. The molecule has 0 aromatic rings. The van der Waals surface area contributed by atoms with Gasteiger partial charge < -0.3 is 20.3 Å². The average molecular weight is 955 g/mol. The molecule has 3 atom stereocenters. The van der Waals surface area contributed by atoms with E-state index in [2.05, 4.69) is 74.7 Å². The first-order chi connectivity index (χ1) is 33.5. The van der Waals surface area contributed by atoms with Crippen molar-refractivity contribution in [1.29, 1.82) is 0 Å². The Bertz CT molecular complexity index is 1160. The number of carbonyl (C=O) groups is 2. The van der Waals surface area contributed by atoms with Crippen molar-refractivity contribution in [3.63, 3.8) is 0 Å². The molecule has 6 nitrogen and oxygen atoms in total. The number of aliphatic hydroxyl groups is 2. The third-order valence-corrected chi connectivity index (χ3v) is 13.7. The van der Waals surface area contributed by atoms with Gasteiger partial charge in [0.05, 0.1) is 25.2 Å². The molecule has 0 bridgehead atoms. The summed E-state index contributed by atoms with van der Waals surface area (Å²) in [6.45, 7) is 6.48. The van der Waals surface area contributed by atoms with Gasteiger partial charge in [-0.2, -0.15) is 0 Å². The molecule has 0 aliphatic rings. The fourth-order valence-corrected chi connectivity index (χ4v) is 9.13. The quantitative estimate of drug-likeness (QED) is 0.0321. The summed E-state index contributed by atoms with van der Waals surface area (Å²) in [4.78, 5) is 26.3. The lowest BCUT2D eigenvalue weighted by Crippen LogP contribution is -2.46. The van der Waals surface area contributed by atoms with Crippen molar-refractivity contribution < 1.29 is 24.5 Å². The summed E-state index contributed by atoms with van der Waals surface area (Å²) in [6.07, 6.45) is 68.9. The number of unbranched alkanes of at least 4 members (excludes halogenated alkanes) is 34. The predicted octanol–water partition coefficient (Wildman–Crippen LogP) is 18.6. The van der Waals surface area contributed by atoms with Gasteiger partial charge in [-0.05, 0) is 64.2 Å². The van der Waals surface area contributed by atoms with Crippen LogP contribution >= 0.6 is 0 Å². The summed E-state index contributed by atoms with van der Waals surface area (Å²) in [5, 5.41) is 23.9. The highest BCUT2D eigenvalue weighted by Crippen LogP contribution is 2.19. The molecule has 3 unspecified atom stereocenters. The SMILES string of the molecule is CCCCC/C=C\C/C=C\C/C=C\C/C=C\CCCC(=O)OC(CCCCCCCCCCCCCCCCCC)CC(=O)NC(CO)C(O)CCCCCCCCCCCCCCCCCC. The minimum atomic E-state index is -0.797. The Morgan fingerprint density at radius 1 is 0.426 bits per heavy atom. The van der Waals surface area contributed by atoms with Crippen LogP contribution in [0.2, 0.25) is 0 Å². The van der Waals surface area contributed by atoms with E-state index in [-0.39, 0.29) is 24.9 Å². The lowest BCUT2D eigenvalue weighted by Gasteiger charge is -2.24. The number of amides is 1. The summed E-state index contributed by atoms with van der Waals surface area (Å²) >= 11 is 0. The zero-order valence-corrected chi connectivity index (χ0v) is 45.5. The van der Waals surface area contributed by atoms with Crippen molar-refractivity contribution in [2.75, 3.05) is 6.61 Å². The number of aliphatic hydroxyl groups excluding tert-OH is 2. The van der Waals surface area contributed by atoms with Crippen LogP contribution in [0.15, 0.2) is 48.6 Å². The van der Waals surface area contributed by atoms with Crippen LogP contribution in [-0.4, -0.2) is 46.9 Å². The Hall–Kier alpha value is -2.18. The number of rotatable bonds is 54. The smallest absolute Gasteiger partial charge is 0.306 e. The van der Waals surface area contributed by atoms with E-state index in [0.29, 0.717) is 25.7 Å². The Morgan fingerprint density at radius 2 is 0.750 bits per heavy atom. The highest BCUT2D eigenvalue weighted by Gasteiger charge is 2.24. The molecule has 1 amide bonds. The van der Waals surface area contributed by atoms with Gasteiger partial charge in [0.1, 0.15) is 6.10 Å². The minimum Gasteiger partial charge on any atom is -0.462 e. The second kappa shape index (κ2) is 55.7. The number of carbonyl (C=O) groups excluding carboxylic acids is 2. The molecule has 0 spiro atoms. The van der Waals surface area contributed by atoms with Crippen LogP contribution in [-0.2, 0) is 14.3 Å². The number of esters is 1. The van der Waals surface area contributed by atoms with Crippen molar-refractivity contribution in [3.05, 3.63) is 48.6 Å². The van der Waals surface area contributed by atoms with Gasteiger partial charge >= 0.3 is 5.97 Å². The van der Waals surface area contributed by atoms with E-state index in [4.69, 9.17) is 4.74 Å². The van der Waals surface area contributed by atoms with E-state index in [1.807, 2.05) is 0 Å². The molecule has 3 N–H and O–H groups in total. The molecule has 0 rings (SSSR count). The van der Waals surface area contributed by atoms with Gasteiger partial charge in [-0.1, -0.05) is 281 Å². The standard InChI is InChI=1S/C62H115NO5/c1-4-7-10-13-16-19-22-25-28-31-34-37-40-43-46-49-52-55-62(67)68-58(53-50-47-44-41-38-35-32-29-26-23-20-17-14-11-8-5-2)56-61(66)63-59(57-64)60(65)54-51-48-45-42-39-36-33-30-27-24-21-18-15-12-9-6-3/h16,19,25,28,34,37,43,46,58-60,64-65H,4-15,17-18,20-24,26-27,29-33,35-36,38-42,44-45,47-57H2,1-3H3,(H,63,66)/b19-16-,28-25-,37-34-,46-43-. The second-order valence-electron chi connectivity index (χ2n) is 20.4. The normalized spacial score (nSPS) is 13.4. The van der Waals surface area contributed by atoms with Crippen LogP contribution in [0.3, 0.4) is 0 Å². The molecule has 0 aliphatic heterocycles. The third-order valence-electron chi connectivity index (χ3n) is 13.7. The lowest BCUT2D eigenvalue weighted by molar-refractivity contribution is -0.151. The number of hydrogen-bond acceptors (Lipinski definition) is 5. The number of allylic oxidation sites excluding steroid dienone is 8. The Kier molecular flexibility index (Phi) is 54.0. The van der Waals surface area contributed by atoms with Gasteiger partial charge in [0.25, 0.3) is 0 Å². The van der Waals surface area contributed by atoms with Crippen LogP contribution in [0.1, 0.15) is 310 Å². The van der Waals surface area contributed by atoms with Crippen LogP contribution in [0.4, 0.5) is 0 Å². The highest BCUT2D eigenvalue weighted by atomic mass is 16.5. The largest absolute Gasteiger partial charge is 0.462 e. The fraction of sp³-hybridized carbons (Fsp3) is 0.839. The van der Waals surface area contributed by atoms with Crippen molar-refractivity contribution in [2.24, 2.45) is 0 Å². The van der Waals surface area contributed by atoms with Crippen molar-refractivity contribution >= 4 is 11.9 Å². The highest BCUT2D eigenvalue weighted by molar-refractivity contribution is 5.77. The second-order valence-corrected chi connectivity index (χ2v) is 20.4. The van der Waals surface area contributed by atoms with Crippen molar-refractivity contribution in [3.8, 4) is 0 Å². The van der Waals surface area contributed by atoms with E-state index in [9.17, 15) is 19.8 Å². The number of hydrogen-bond donors (Lipinski definition) is 3. The third kappa shape index (κ3) is 50.2. The molecule has 68 heavy (non-hydrogen) atoms. The maximum absolute atomic E-state index is 13.3. The molecule has 6 heteroatoms. The Morgan fingerprint density at radius 3 is 1.13 bits per heavy atom. The van der Waals surface area contributed by atoms with Gasteiger partial charge in [0.15, 0.2) is 0 Å². The van der Waals surface area contributed by atoms with E-state index in [1.54, 1.807) is 0 Å². The number of nitrogens with one attached hydrogen (secondary N) is 1. The molecule has 0 fully saturated rings. The van der Waals surface area contributed by atoms with Gasteiger partial charge in [-0.25, -0.2) is 0 Å². The van der Waals surface area contributed by atoms with Gasteiger partial charge in [-0.15, -0.1) is 0 Å². The number of ether oxygens (including phenoxy) is 1. The maximum Gasteiger partial charge on any atom is 0.306 e. The first kappa shape index (κ1) is 65.8. The van der Waals surface area contributed by atoms with E-state index in [1.165, 1.54) is 193 Å². The van der Waals surface area contributed by atoms with Gasteiger partial charge in [-0.3, -0.25) is 9.59 Å². The molecule has 0 heterocycles. The molecular formula is C62H115NO5. The summed E-state index contributed by atoms with van der Waals surface area (Å²) < 4.78 is 5.94. The van der Waals surface area contributed by atoms with Gasteiger partial charge in [0.2, 0.25) is 5.91 Å². The lowest BCUT2D eigenvalue weighted by atomic mass is 10.0. The van der Waals surface area contributed by atoms with Crippen LogP contribution in [0.5, 0.6) is 0 Å². The van der Waals surface area contributed by atoms with E-state index >= 15 is 0 Å². The molecule has 0 radical (unpaired) electrons. The molecule has 0 saturated heterocycles. The molecular weight excluding hydrogens is 839 g/mol. The molecule has 0 aromatic carbocycles. The van der Waals surface area contributed by atoms with Crippen LogP contribution in [0, 0.1) is 0 Å². The topological polar surface area (TPSA) is 95.9 Å². The molecule has 0 aromatic heterocycles. The summed E-state index contributed by atoms with van der Waals surface area (Å²) in [6, 6.07) is -0.712. The zero-order chi connectivity index (χ0) is 49.5. The molecule has 0 aliphatic carbocycles. The van der Waals surface area contributed by atoms with Crippen molar-refractivity contribution in [1.82, 2.24) is 5.32 Å². The maximum atomic E-state index is 13.3. The summed E-state index contributed by atoms with van der Waals surface area (Å²) in [7, 11) is 0. The van der Waals surface area contributed by atoms with E-state index in [0.717, 1.165) is 64.2 Å².